The van der Waals surface area contributed by atoms with E-state index in [9.17, 15) is 5.11 Å². The van der Waals surface area contributed by atoms with E-state index in [-0.39, 0.29) is 6.61 Å². The van der Waals surface area contributed by atoms with Gasteiger partial charge in [0.1, 0.15) is 5.82 Å². The van der Waals surface area contributed by atoms with Gasteiger partial charge in [-0.3, -0.25) is 0 Å². The van der Waals surface area contributed by atoms with Crippen LogP contribution in [-0.4, -0.2) is 48.2 Å². The molecule has 112 valence electrons. The van der Waals surface area contributed by atoms with Gasteiger partial charge in [-0.05, 0) is 50.6 Å². The molecule has 1 aliphatic heterocycles. The second kappa shape index (κ2) is 7.04. The highest BCUT2D eigenvalue weighted by Crippen LogP contribution is 2.21. The number of nitrogens with zero attached hydrogens (tertiary/aromatic N) is 3. The van der Waals surface area contributed by atoms with Crippen LogP contribution in [0.3, 0.4) is 0 Å². The molecule has 4 heteroatoms. The van der Waals surface area contributed by atoms with Gasteiger partial charge in [0.25, 0.3) is 0 Å². The van der Waals surface area contributed by atoms with Gasteiger partial charge in [-0.2, -0.15) is 0 Å². The number of likely N-dealkylation sites (tertiary alicyclic amines) is 1. The lowest BCUT2D eigenvalue weighted by Crippen LogP contribution is -2.45. The number of aliphatic hydroxyl groups excluding tert-OH is 1. The number of aryl methyl sites for hydroxylation is 1. The molecule has 0 radical (unpaired) electrons. The molecule has 4 nitrogen and oxygen atoms in total. The van der Waals surface area contributed by atoms with Crippen molar-refractivity contribution in [3.05, 3.63) is 23.4 Å². The number of rotatable bonds is 5. The van der Waals surface area contributed by atoms with Crippen LogP contribution in [-0.2, 0) is 13.0 Å². The zero-order valence-corrected chi connectivity index (χ0v) is 13.0. The standard InChI is InChI=1S/C16H27N3O/c1-4-6-14-9-13(12-20)10-16(17-14)19(3)15-7-5-8-18(2)11-15/h9-10,15,20H,4-8,11-12H2,1-3H3. The summed E-state index contributed by atoms with van der Waals surface area (Å²) in [5, 5.41) is 9.43. The first-order valence-corrected chi connectivity index (χ1v) is 7.66. The summed E-state index contributed by atoms with van der Waals surface area (Å²) in [6.45, 7) is 4.53. The van der Waals surface area contributed by atoms with Crippen molar-refractivity contribution >= 4 is 5.82 Å². The highest BCUT2D eigenvalue weighted by Gasteiger charge is 2.22. The van der Waals surface area contributed by atoms with E-state index in [0.717, 1.165) is 36.5 Å². The molecule has 0 spiro atoms. The normalized spacial score (nSPS) is 20.1. The van der Waals surface area contributed by atoms with Crippen LogP contribution in [0.2, 0.25) is 0 Å². The molecule has 1 unspecified atom stereocenters. The van der Waals surface area contributed by atoms with E-state index in [1.54, 1.807) is 0 Å². The second-order valence-corrected chi connectivity index (χ2v) is 5.90. The molecular formula is C16H27N3O. The van der Waals surface area contributed by atoms with E-state index in [1.807, 2.05) is 12.1 Å². The largest absolute Gasteiger partial charge is 0.392 e. The molecule has 1 aliphatic rings. The summed E-state index contributed by atoms with van der Waals surface area (Å²) in [6, 6.07) is 4.56. The number of anilines is 1. The van der Waals surface area contributed by atoms with Crippen molar-refractivity contribution in [1.82, 2.24) is 9.88 Å². The zero-order valence-electron chi connectivity index (χ0n) is 13.0. The number of aromatic nitrogens is 1. The van der Waals surface area contributed by atoms with Crippen LogP contribution in [0.1, 0.15) is 37.4 Å². The molecule has 1 aromatic rings. The third kappa shape index (κ3) is 3.70. The van der Waals surface area contributed by atoms with Crippen LogP contribution >= 0.6 is 0 Å². The fourth-order valence-electron chi connectivity index (χ4n) is 2.93. The molecular weight excluding hydrogens is 250 g/mol. The fraction of sp³-hybridized carbons (Fsp3) is 0.688. The van der Waals surface area contributed by atoms with Gasteiger partial charge in [0.05, 0.1) is 6.61 Å². The summed E-state index contributed by atoms with van der Waals surface area (Å²) < 4.78 is 0. The van der Waals surface area contributed by atoms with Crippen molar-refractivity contribution in [1.29, 1.82) is 0 Å². The Kier molecular flexibility index (Phi) is 5.38. The molecule has 1 fully saturated rings. The Bertz CT molecular complexity index is 436. The summed E-state index contributed by atoms with van der Waals surface area (Å²) in [5.41, 5.74) is 2.06. The molecule has 0 aromatic carbocycles. The summed E-state index contributed by atoms with van der Waals surface area (Å²) in [7, 11) is 4.31. The number of piperidine rings is 1. The van der Waals surface area contributed by atoms with Gasteiger partial charge >= 0.3 is 0 Å². The van der Waals surface area contributed by atoms with Crippen LogP contribution in [0.4, 0.5) is 5.82 Å². The number of hydrogen-bond acceptors (Lipinski definition) is 4. The lowest BCUT2D eigenvalue weighted by atomic mass is 10.0. The topological polar surface area (TPSA) is 39.6 Å². The van der Waals surface area contributed by atoms with Crippen molar-refractivity contribution in [3.63, 3.8) is 0 Å². The monoisotopic (exact) mass is 277 g/mol. The molecule has 1 N–H and O–H groups in total. The molecule has 20 heavy (non-hydrogen) atoms. The molecule has 0 aliphatic carbocycles. The Balaban J connectivity index is 2.19. The molecule has 0 amide bonds. The second-order valence-electron chi connectivity index (χ2n) is 5.90. The quantitative estimate of drug-likeness (QED) is 0.894. The van der Waals surface area contributed by atoms with Gasteiger partial charge in [0.2, 0.25) is 0 Å². The minimum atomic E-state index is 0.0879. The molecule has 1 atom stereocenters. The Morgan fingerprint density at radius 1 is 1.45 bits per heavy atom. The third-order valence-corrected chi connectivity index (χ3v) is 4.12. The zero-order chi connectivity index (χ0) is 14.5. The van der Waals surface area contributed by atoms with Crippen molar-refractivity contribution < 1.29 is 5.11 Å². The highest BCUT2D eigenvalue weighted by atomic mass is 16.3. The maximum absolute atomic E-state index is 9.43. The molecule has 0 bridgehead atoms. The Labute approximate surface area is 122 Å². The third-order valence-electron chi connectivity index (χ3n) is 4.12. The molecule has 1 saturated heterocycles. The van der Waals surface area contributed by atoms with Crippen molar-refractivity contribution in [2.75, 3.05) is 32.1 Å². The first kappa shape index (κ1) is 15.3. The minimum absolute atomic E-state index is 0.0879. The van der Waals surface area contributed by atoms with E-state index >= 15 is 0 Å². The van der Waals surface area contributed by atoms with Crippen LogP contribution in [0.15, 0.2) is 12.1 Å². The van der Waals surface area contributed by atoms with E-state index in [0.29, 0.717) is 6.04 Å². The molecule has 1 aromatic heterocycles. The van der Waals surface area contributed by atoms with Gasteiger partial charge in [-0.1, -0.05) is 13.3 Å². The lowest BCUT2D eigenvalue weighted by molar-refractivity contribution is 0.247. The first-order valence-electron chi connectivity index (χ1n) is 7.66. The van der Waals surface area contributed by atoms with Gasteiger partial charge in [-0.15, -0.1) is 0 Å². The van der Waals surface area contributed by atoms with E-state index in [4.69, 9.17) is 4.98 Å². The van der Waals surface area contributed by atoms with Crippen LogP contribution in [0, 0.1) is 0 Å². The number of hydrogen-bond donors (Lipinski definition) is 1. The average Bonchev–Trinajstić information content (AvgIpc) is 2.46. The maximum Gasteiger partial charge on any atom is 0.129 e. The average molecular weight is 277 g/mol. The maximum atomic E-state index is 9.43. The number of aliphatic hydroxyl groups is 1. The Morgan fingerprint density at radius 2 is 2.25 bits per heavy atom. The van der Waals surface area contributed by atoms with Crippen molar-refractivity contribution in [2.24, 2.45) is 0 Å². The molecule has 2 rings (SSSR count). The van der Waals surface area contributed by atoms with Gasteiger partial charge in [0, 0.05) is 25.3 Å². The lowest BCUT2D eigenvalue weighted by Gasteiger charge is -2.36. The van der Waals surface area contributed by atoms with E-state index in [1.165, 1.54) is 19.4 Å². The van der Waals surface area contributed by atoms with E-state index in [2.05, 4.69) is 30.8 Å². The highest BCUT2D eigenvalue weighted by molar-refractivity contribution is 5.43. The first-order chi connectivity index (χ1) is 9.63. The predicted octanol–water partition coefficient (Wildman–Crippen LogP) is 2.06. The van der Waals surface area contributed by atoms with Gasteiger partial charge < -0.3 is 14.9 Å². The van der Waals surface area contributed by atoms with Gasteiger partial charge in [0.15, 0.2) is 0 Å². The van der Waals surface area contributed by atoms with Gasteiger partial charge in [-0.25, -0.2) is 4.98 Å². The predicted molar refractivity (Wildman–Crippen MR) is 83.1 cm³/mol. The smallest absolute Gasteiger partial charge is 0.129 e. The Morgan fingerprint density at radius 3 is 2.90 bits per heavy atom. The van der Waals surface area contributed by atoms with Crippen molar-refractivity contribution in [3.8, 4) is 0 Å². The summed E-state index contributed by atoms with van der Waals surface area (Å²) in [6.07, 6.45) is 4.51. The molecule has 0 saturated carbocycles. The van der Waals surface area contributed by atoms with Crippen LogP contribution in [0.25, 0.3) is 0 Å². The SMILES string of the molecule is CCCc1cc(CO)cc(N(C)C2CCCN(C)C2)n1. The van der Waals surface area contributed by atoms with Crippen molar-refractivity contribution in [2.45, 2.75) is 45.3 Å². The fourth-order valence-corrected chi connectivity index (χ4v) is 2.93. The Hall–Kier alpha value is -1.13. The summed E-state index contributed by atoms with van der Waals surface area (Å²) >= 11 is 0. The van der Waals surface area contributed by atoms with Crippen LogP contribution < -0.4 is 4.90 Å². The van der Waals surface area contributed by atoms with E-state index < -0.39 is 0 Å². The number of likely N-dealkylation sites (N-methyl/N-ethyl adjacent to an activating group) is 2. The minimum Gasteiger partial charge on any atom is -0.392 e. The summed E-state index contributed by atoms with van der Waals surface area (Å²) in [4.78, 5) is 9.44. The molecule has 2 heterocycles. The number of pyridine rings is 1. The summed E-state index contributed by atoms with van der Waals surface area (Å²) in [5.74, 6) is 1.00. The van der Waals surface area contributed by atoms with Crippen LogP contribution in [0.5, 0.6) is 0 Å².